The summed E-state index contributed by atoms with van der Waals surface area (Å²) in [7, 11) is -3.02. The summed E-state index contributed by atoms with van der Waals surface area (Å²) < 4.78 is 25.5. The van der Waals surface area contributed by atoms with Gasteiger partial charge in [0.25, 0.3) is 5.56 Å². The van der Waals surface area contributed by atoms with Crippen molar-refractivity contribution in [2.24, 2.45) is 4.99 Å². The molecule has 2 aliphatic rings. The van der Waals surface area contributed by atoms with Crippen LogP contribution in [-0.4, -0.2) is 45.8 Å². The molecule has 0 bridgehead atoms. The molecular weight excluding hydrogens is 432 g/mol. The van der Waals surface area contributed by atoms with E-state index in [1.807, 2.05) is 23.1 Å². The molecule has 5 rings (SSSR count). The number of fused-ring (bicyclic) bond motifs is 2. The molecule has 1 aromatic carbocycles. The smallest absolute Gasteiger partial charge is 0.258 e. The second kappa shape index (κ2) is 7.49. The van der Waals surface area contributed by atoms with Gasteiger partial charge < -0.3 is 4.90 Å². The fourth-order valence-electron chi connectivity index (χ4n) is 3.98. The predicted octanol–water partition coefficient (Wildman–Crippen LogP) is 2.59. The summed E-state index contributed by atoms with van der Waals surface area (Å²) in [6, 6.07) is 13.0. The Hall–Kier alpha value is -2.65. The number of aliphatic imine (C=N–C) groups is 1. The molecule has 1 fully saturated rings. The Kier molecular flexibility index (Phi) is 4.90. The van der Waals surface area contributed by atoms with Gasteiger partial charge in [-0.15, -0.1) is 0 Å². The minimum absolute atomic E-state index is 0.0516. The number of aromatic nitrogens is 2. The van der Waals surface area contributed by atoms with E-state index in [4.69, 9.17) is 4.99 Å². The van der Waals surface area contributed by atoms with Crippen molar-refractivity contribution in [3.63, 3.8) is 0 Å². The van der Waals surface area contributed by atoms with Gasteiger partial charge in [-0.05, 0) is 49.2 Å². The topological polar surface area (TPSA) is 84.1 Å². The zero-order valence-electron chi connectivity index (χ0n) is 17.2. The van der Waals surface area contributed by atoms with Crippen LogP contribution in [0.3, 0.4) is 0 Å². The Labute approximate surface area is 184 Å². The summed E-state index contributed by atoms with van der Waals surface area (Å²) in [5, 5.41) is 0.729. The van der Waals surface area contributed by atoms with E-state index in [0.717, 1.165) is 16.4 Å². The molecule has 4 heterocycles. The van der Waals surface area contributed by atoms with Gasteiger partial charge in [-0.1, -0.05) is 23.9 Å². The van der Waals surface area contributed by atoms with E-state index < -0.39 is 9.84 Å². The lowest BCUT2D eigenvalue weighted by atomic mass is 10.1. The summed E-state index contributed by atoms with van der Waals surface area (Å²) in [5.74, 6) is 0.260. The molecule has 2 unspecified atom stereocenters. The minimum Gasteiger partial charge on any atom is -0.315 e. The Morgan fingerprint density at radius 1 is 1.13 bits per heavy atom. The maximum absolute atomic E-state index is 12.6. The van der Waals surface area contributed by atoms with Crippen molar-refractivity contribution in [3.05, 3.63) is 75.8 Å². The molecule has 7 nitrogen and oxygen atoms in total. The first-order valence-electron chi connectivity index (χ1n) is 10.1. The minimum atomic E-state index is -3.02. The van der Waals surface area contributed by atoms with Gasteiger partial charge in [0.05, 0.1) is 29.8 Å². The van der Waals surface area contributed by atoms with Gasteiger partial charge in [0.15, 0.2) is 15.0 Å². The number of amidine groups is 1. The highest BCUT2D eigenvalue weighted by molar-refractivity contribution is 8.15. The fourth-order valence-corrected chi connectivity index (χ4v) is 7.76. The Bertz CT molecular complexity index is 1380. The summed E-state index contributed by atoms with van der Waals surface area (Å²) in [6.07, 6.45) is 1.70. The number of benzene rings is 1. The zero-order valence-corrected chi connectivity index (χ0v) is 18.9. The van der Waals surface area contributed by atoms with Crippen LogP contribution in [0.2, 0.25) is 0 Å². The fraction of sp³-hybridized carbons (Fsp3) is 0.318. The number of rotatable bonds is 3. The zero-order chi connectivity index (χ0) is 21.8. The van der Waals surface area contributed by atoms with Gasteiger partial charge in [0.2, 0.25) is 0 Å². The first-order chi connectivity index (χ1) is 14.8. The third-order valence-corrected chi connectivity index (χ3v) is 9.03. The summed E-state index contributed by atoms with van der Waals surface area (Å²) >= 11 is 1.51. The molecule has 9 heteroatoms. The van der Waals surface area contributed by atoms with E-state index in [-0.39, 0.29) is 28.4 Å². The van der Waals surface area contributed by atoms with Gasteiger partial charge in [-0.3, -0.25) is 14.2 Å². The van der Waals surface area contributed by atoms with Gasteiger partial charge in [0, 0.05) is 23.2 Å². The van der Waals surface area contributed by atoms with Crippen LogP contribution in [0.25, 0.3) is 5.65 Å². The summed E-state index contributed by atoms with van der Waals surface area (Å²) in [6.45, 7) is 4.50. The quantitative estimate of drug-likeness (QED) is 0.605. The molecule has 0 amide bonds. The number of anilines is 1. The van der Waals surface area contributed by atoms with Gasteiger partial charge >= 0.3 is 0 Å². The van der Waals surface area contributed by atoms with Gasteiger partial charge in [-0.25, -0.2) is 13.4 Å². The van der Waals surface area contributed by atoms with Crippen molar-refractivity contribution in [3.8, 4) is 0 Å². The molecule has 31 heavy (non-hydrogen) atoms. The van der Waals surface area contributed by atoms with Crippen molar-refractivity contribution in [1.82, 2.24) is 9.38 Å². The number of aryl methyl sites for hydroxylation is 2. The van der Waals surface area contributed by atoms with Crippen molar-refractivity contribution in [1.29, 1.82) is 0 Å². The van der Waals surface area contributed by atoms with Crippen LogP contribution in [0.15, 0.2) is 58.4 Å². The van der Waals surface area contributed by atoms with Crippen molar-refractivity contribution >= 4 is 38.1 Å². The predicted molar refractivity (Wildman–Crippen MR) is 125 cm³/mol. The number of pyridine rings is 1. The van der Waals surface area contributed by atoms with E-state index in [0.29, 0.717) is 17.9 Å². The highest BCUT2D eigenvalue weighted by atomic mass is 32.2. The molecule has 0 aliphatic carbocycles. The first kappa shape index (κ1) is 20.3. The van der Waals surface area contributed by atoms with E-state index in [1.54, 1.807) is 18.3 Å². The van der Waals surface area contributed by atoms with Crippen molar-refractivity contribution in [2.45, 2.75) is 31.7 Å². The summed E-state index contributed by atoms with van der Waals surface area (Å²) in [5.41, 5.74) is 4.39. The van der Waals surface area contributed by atoms with E-state index in [9.17, 15) is 13.2 Å². The second-order valence-corrected chi connectivity index (χ2v) is 11.4. The molecular formula is C22H22N4O3S2. The molecule has 2 atom stereocenters. The lowest BCUT2D eigenvalue weighted by molar-refractivity contribution is 0.601. The number of nitrogens with zero attached hydrogens (tertiary/aromatic N) is 4. The first-order valence-corrected chi connectivity index (χ1v) is 12.8. The van der Waals surface area contributed by atoms with Crippen LogP contribution < -0.4 is 10.5 Å². The van der Waals surface area contributed by atoms with Crippen LogP contribution in [0, 0.1) is 13.8 Å². The lowest BCUT2D eigenvalue weighted by Crippen LogP contribution is -2.29. The molecule has 0 N–H and O–H groups in total. The normalized spacial score (nSPS) is 21.8. The van der Waals surface area contributed by atoms with E-state index in [1.165, 1.54) is 21.7 Å². The molecule has 2 aromatic heterocycles. The molecule has 2 aliphatic heterocycles. The van der Waals surface area contributed by atoms with E-state index >= 15 is 0 Å². The molecule has 1 saturated heterocycles. The molecule has 0 spiro atoms. The van der Waals surface area contributed by atoms with E-state index in [2.05, 4.69) is 31.0 Å². The number of sulfone groups is 1. The van der Waals surface area contributed by atoms with Crippen LogP contribution in [-0.2, 0) is 16.4 Å². The molecule has 3 aromatic rings. The van der Waals surface area contributed by atoms with Gasteiger partial charge in [-0.2, -0.15) is 0 Å². The van der Waals surface area contributed by atoms with Crippen LogP contribution >= 0.6 is 11.8 Å². The number of hydrogen-bond acceptors (Lipinski definition) is 7. The highest BCUT2D eigenvalue weighted by Gasteiger charge is 2.44. The van der Waals surface area contributed by atoms with Crippen LogP contribution in [0.4, 0.5) is 5.69 Å². The number of thioether (sulfide) groups is 1. The third kappa shape index (κ3) is 3.87. The second-order valence-electron chi connectivity index (χ2n) is 8.08. The molecule has 160 valence electrons. The Morgan fingerprint density at radius 3 is 2.74 bits per heavy atom. The maximum Gasteiger partial charge on any atom is 0.258 e. The Morgan fingerprint density at radius 2 is 1.97 bits per heavy atom. The van der Waals surface area contributed by atoms with Crippen molar-refractivity contribution < 1.29 is 8.42 Å². The standard InChI is InChI=1S/C22H22N4O3S2/c1-14-6-7-17(9-15(14)2)26(22-24-18-12-31(28,29)13-19(18)30-22)11-16-10-21(27)25-8-4-3-5-20(25)23-16/h3-10,18-19H,11-13H2,1-2H3. The molecule has 0 saturated carbocycles. The highest BCUT2D eigenvalue weighted by Crippen LogP contribution is 2.37. The number of hydrogen-bond donors (Lipinski definition) is 0. The monoisotopic (exact) mass is 454 g/mol. The SMILES string of the molecule is Cc1ccc(N(Cc2cc(=O)n3ccccc3n2)C2=NC3CS(=O)(=O)CC3S2)cc1C. The lowest BCUT2D eigenvalue weighted by Gasteiger charge is -2.25. The average Bonchev–Trinajstić information content (AvgIpc) is 3.22. The van der Waals surface area contributed by atoms with Crippen LogP contribution in [0.1, 0.15) is 16.8 Å². The molecule has 0 radical (unpaired) electrons. The maximum atomic E-state index is 12.6. The Balaban J connectivity index is 1.55. The van der Waals surface area contributed by atoms with Gasteiger partial charge in [0.1, 0.15) is 5.65 Å². The largest absolute Gasteiger partial charge is 0.315 e. The third-order valence-electron chi connectivity index (χ3n) is 5.78. The van der Waals surface area contributed by atoms with Crippen LogP contribution in [0.5, 0.6) is 0 Å². The van der Waals surface area contributed by atoms with Crippen molar-refractivity contribution in [2.75, 3.05) is 16.4 Å². The summed E-state index contributed by atoms with van der Waals surface area (Å²) in [4.78, 5) is 24.1. The average molecular weight is 455 g/mol.